The average Bonchev–Trinajstić information content (AvgIpc) is 2.78. The first-order valence-corrected chi connectivity index (χ1v) is 5.15. The zero-order valence-corrected chi connectivity index (χ0v) is 8.36. The Morgan fingerprint density at radius 3 is 3.13 bits per heavy atom. The van der Waals surface area contributed by atoms with Gasteiger partial charge in [-0.1, -0.05) is 12.1 Å². The van der Waals surface area contributed by atoms with Gasteiger partial charge in [-0.05, 0) is 6.07 Å². The van der Waals surface area contributed by atoms with Crippen molar-refractivity contribution in [2.45, 2.75) is 6.04 Å². The van der Waals surface area contributed by atoms with E-state index in [1.807, 2.05) is 12.1 Å². The molecule has 1 saturated heterocycles. The third-order valence-electron chi connectivity index (χ3n) is 2.72. The number of fused-ring (bicyclic) bond motifs is 1. The number of para-hydroxylation sites is 1. The number of hydrogen-bond donors (Lipinski definition) is 1. The predicted octanol–water partition coefficient (Wildman–Crippen LogP) is 1.08. The van der Waals surface area contributed by atoms with E-state index in [4.69, 9.17) is 14.2 Å². The summed E-state index contributed by atoms with van der Waals surface area (Å²) in [6.45, 7) is 2.68. The van der Waals surface area contributed by atoms with Crippen LogP contribution in [0.3, 0.4) is 0 Å². The van der Waals surface area contributed by atoms with Crippen LogP contribution in [0.25, 0.3) is 0 Å². The third kappa shape index (κ3) is 1.56. The molecule has 2 aliphatic rings. The van der Waals surface area contributed by atoms with Gasteiger partial charge in [-0.25, -0.2) is 0 Å². The molecule has 1 atom stereocenters. The molecule has 1 fully saturated rings. The van der Waals surface area contributed by atoms with Crippen molar-refractivity contribution in [3.05, 3.63) is 23.8 Å². The number of nitrogens with one attached hydrogen (secondary N) is 1. The summed E-state index contributed by atoms with van der Waals surface area (Å²) in [5.41, 5.74) is 1.13. The van der Waals surface area contributed by atoms with E-state index in [1.54, 1.807) is 0 Å². The van der Waals surface area contributed by atoms with Gasteiger partial charge in [0.05, 0.1) is 19.3 Å². The van der Waals surface area contributed by atoms with Gasteiger partial charge in [0.15, 0.2) is 11.5 Å². The van der Waals surface area contributed by atoms with Crippen molar-refractivity contribution >= 4 is 0 Å². The van der Waals surface area contributed by atoms with Crippen LogP contribution in [0.1, 0.15) is 11.6 Å². The maximum atomic E-state index is 5.47. The molecule has 0 aliphatic carbocycles. The molecule has 0 amide bonds. The largest absolute Gasteiger partial charge is 0.454 e. The Balaban J connectivity index is 1.93. The van der Waals surface area contributed by atoms with E-state index in [0.717, 1.165) is 30.2 Å². The van der Waals surface area contributed by atoms with Crippen molar-refractivity contribution in [3.63, 3.8) is 0 Å². The number of morpholine rings is 1. The molecule has 2 aliphatic heterocycles. The van der Waals surface area contributed by atoms with Crippen LogP contribution in [0.2, 0.25) is 0 Å². The van der Waals surface area contributed by atoms with Gasteiger partial charge in [0.1, 0.15) is 0 Å². The molecule has 0 aromatic heterocycles. The van der Waals surface area contributed by atoms with E-state index in [-0.39, 0.29) is 6.04 Å². The lowest BCUT2D eigenvalue weighted by Gasteiger charge is -2.24. The van der Waals surface area contributed by atoms with Crippen molar-refractivity contribution in [1.29, 1.82) is 0 Å². The molecule has 0 spiro atoms. The Bertz CT molecular complexity index is 361. The van der Waals surface area contributed by atoms with Crippen LogP contribution in [0.15, 0.2) is 18.2 Å². The fraction of sp³-hybridized carbons (Fsp3) is 0.455. The zero-order chi connectivity index (χ0) is 10.1. The SMILES string of the molecule is c1cc2c(c([C@H]3COCCN3)c1)OCO2. The molecule has 0 radical (unpaired) electrons. The molecular weight excluding hydrogens is 194 g/mol. The smallest absolute Gasteiger partial charge is 0.231 e. The van der Waals surface area contributed by atoms with Crippen molar-refractivity contribution < 1.29 is 14.2 Å². The number of rotatable bonds is 1. The number of hydrogen-bond acceptors (Lipinski definition) is 4. The van der Waals surface area contributed by atoms with Crippen molar-refractivity contribution in [2.75, 3.05) is 26.6 Å². The molecular formula is C11H13NO3. The Hall–Kier alpha value is -1.26. The Morgan fingerprint density at radius 1 is 1.27 bits per heavy atom. The minimum atomic E-state index is 0.218. The molecule has 4 nitrogen and oxygen atoms in total. The van der Waals surface area contributed by atoms with Gasteiger partial charge in [0.25, 0.3) is 0 Å². The quantitative estimate of drug-likeness (QED) is 0.748. The van der Waals surface area contributed by atoms with E-state index in [1.165, 1.54) is 0 Å². The van der Waals surface area contributed by atoms with Crippen LogP contribution in [-0.4, -0.2) is 26.6 Å². The molecule has 1 N–H and O–H groups in total. The van der Waals surface area contributed by atoms with Crippen molar-refractivity contribution in [2.24, 2.45) is 0 Å². The molecule has 15 heavy (non-hydrogen) atoms. The van der Waals surface area contributed by atoms with E-state index in [9.17, 15) is 0 Å². The summed E-state index contributed by atoms with van der Waals surface area (Å²) in [4.78, 5) is 0. The second kappa shape index (κ2) is 3.72. The molecule has 1 aromatic rings. The monoisotopic (exact) mass is 207 g/mol. The summed E-state index contributed by atoms with van der Waals surface area (Å²) in [6, 6.07) is 6.18. The van der Waals surface area contributed by atoms with Crippen LogP contribution in [0, 0.1) is 0 Å². The first-order chi connectivity index (χ1) is 7.45. The van der Waals surface area contributed by atoms with Gasteiger partial charge < -0.3 is 19.5 Å². The van der Waals surface area contributed by atoms with Crippen LogP contribution in [-0.2, 0) is 4.74 Å². The van der Waals surface area contributed by atoms with Crippen LogP contribution in [0.4, 0.5) is 0 Å². The van der Waals surface area contributed by atoms with Gasteiger partial charge >= 0.3 is 0 Å². The van der Waals surface area contributed by atoms with Crippen molar-refractivity contribution in [1.82, 2.24) is 5.32 Å². The molecule has 3 rings (SSSR count). The highest BCUT2D eigenvalue weighted by molar-refractivity contribution is 5.49. The Kier molecular flexibility index (Phi) is 2.23. The molecule has 0 bridgehead atoms. The second-order valence-electron chi connectivity index (χ2n) is 3.66. The topological polar surface area (TPSA) is 39.7 Å². The maximum absolute atomic E-state index is 5.47. The third-order valence-corrected chi connectivity index (χ3v) is 2.72. The fourth-order valence-electron chi connectivity index (χ4n) is 1.99. The minimum Gasteiger partial charge on any atom is -0.454 e. The number of ether oxygens (including phenoxy) is 3. The highest BCUT2D eigenvalue weighted by atomic mass is 16.7. The van der Waals surface area contributed by atoms with Crippen LogP contribution in [0.5, 0.6) is 11.5 Å². The maximum Gasteiger partial charge on any atom is 0.231 e. The van der Waals surface area contributed by atoms with Gasteiger partial charge in [0.2, 0.25) is 6.79 Å². The predicted molar refractivity (Wildman–Crippen MR) is 54.1 cm³/mol. The van der Waals surface area contributed by atoms with E-state index in [2.05, 4.69) is 11.4 Å². The van der Waals surface area contributed by atoms with Gasteiger partial charge in [-0.15, -0.1) is 0 Å². The lowest BCUT2D eigenvalue weighted by molar-refractivity contribution is 0.0757. The molecule has 1 aromatic carbocycles. The highest BCUT2D eigenvalue weighted by Crippen LogP contribution is 2.38. The van der Waals surface area contributed by atoms with Gasteiger partial charge in [-0.3, -0.25) is 0 Å². The van der Waals surface area contributed by atoms with Crippen LogP contribution < -0.4 is 14.8 Å². The van der Waals surface area contributed by atoms with E-state index >= 15 is 0 Å². The van der Waals surface area contributed by atoms with Gasteiger partial charge in [0, 0.05) is 12.1 Å². The normalized spacial score (nSPS) is 24.1. The summed E-state index contributed by atoms with van der Waals surface area (Å²) in [7, 11) is 0. The first kappa shape index (κ1) is 9.00. The molecule has 2 heterocycles. The lowest BCUT2D eigenvalue weighted by atomic mass is 10.1. The van der Waals surface area contributed by atoms with E-state index < -0.39 is 0 Å². The summed E-state index contributed by atoms with van der Waals surface area (Å²) >= 11 is 0. The summed E-state index contributed by atoms with van der Waals surface area (Å²) in [6.07, 6.45) is 0. The zero-order valence-electron chi connectivity index (χ0n) is 8.36. The molecule has 0 unspecified atom stereocenters. The molecule has 4 heteroatoms. The lowest BCUT2D eigenvalue weighted by Crippen LogP contribution is -2.34. The summed E-state index contributed by atoms with van der Waals surface area (Å²) < 4.78 is 16.2. The number of benzene rings is 1. The summed E-state index contributed by atoms with van der Waals surface area (Å²) in [5.74, 6) is 1.69. The molecule has 0 saturated carbocycles. The Morgan fingerprint density at radius 2 is 2.27 bits per heavy atom. The van der Waals surface area contributed by atoms with Crippen LogP contribution >= 0.6 is 0 Å². The van der Waals surface area contributed by atoms with E-state index in [0.29, 0.717) is 13.4 Å². The second-order valence-corrected chi connectivity index (χ2v) is 3.66. The standard InChI is InChI=1S/C11H13NO3/c1-2-8(9-6-13-5-4-12-9)11-10(3-1)14-7-15-11/h1-3,9,12H,4-7H2/t9-/m1/s1. The molecule has 80 valence electrons. The Labute approximate surface area is 88.1 Å². The summed E-state index contributed by atoms with van der Waals surface area (Å²) in [5, 5.41) is 3.40. The van der Waals surface area contributed by atoms with Gasteiger partial charge in [-0.2, -0.15) is 0 Å². The van der Waals surface area contributed by atoms with Crippen molar-refractivity contribution in [3.8, 4) is 11.5 Å². The minimum absolute atomic E-state index is 0.218. The highest BCUT2D eigenvalue weighted by Gasteiger charge is 2.24. The first-order valence-electron chi connectivity index (χ1n) is 5.15. The fourth-order valence-corrected chi connectivity index (χ4v) is 1.99. The average molecular weight is 207 g/mol.